The van der Waals surface area contributed by atoms with Gasteiger partial charge in [0.1, 0.15) is 6.61 Å². The second kappa shape index (κ2) is 9.94. The number of aliphatic hydroxyl groups is 1. The molecule has 1 aromatic rings. The van der Waals surface area contributed by atoms with Crippen LogP contribution in [-0.4, -0.2) is 56.4 Å². The second-order valence-electron chi connectivity index (χ2n) is 4.67. The van der Waals surface area contributed by atoms with Crippen molar-refractivity contribution in [2.24, 2.45) is 0 Å². The van der Waals surface area contributed by atoms with Crippen LogP contribution in [0.1, 0.15) is 11.1 Å². The Morgan fingerprint density at radius 3 is 2.71 bits per heavy atom. The third kappa shape index (κ3) is 7.47. The van der Waals surface area contributed by atoms with E-state index in [1.54, 1.807) is 7.11 Å². The number of amides is 1. The minimum atomic E-state index is -0.136. The van der Waals surface area contributed by atoms with Crippen LogP contribution in [0.5, 0.6) is 0 Å². The number of likely N-dealkylation sites (N-methyl/N-ethyl adjacent to an activating group) is 1. The average molecular weight is 290 g/mol. The number of hydrogen-bond acceptors (Lipinski definition) is 4. The largest absolute Gasteiger partial charge is 0.384 e. The van der Waals surface area contributed by atoms with Crippen molar-refractivity contribution >= 4 is 5.91 Å². The predicted molar refractivity (Wildman–Crippen MR) is 81.6 cm³/mol. The summed E-state index contributed by atoms with van der Waals surface area (Å²) in [6.45, 7) is 1.94. The first-order valence-corrected chi connectivity index (χ1v) is 6.78. The van der Waals surface area contributed by atoms with Gasteiger partial charge in [0, 0.05) is 25.8 Å². The SMILES string of the molecule is COCCNC(=O)CN(C)Cc1ccc(C#CCO)cc1. The number of rotatable bonds is 7. The first kappa shape index (κ1) is 17.2. The summed E-state index contributed by atoms with van der Waals surface area (Å²) >= 11 is 0. The van der Waals surface area contributed by atoms with Gasteiger partial charge in [-0.05, 0) is 24.7 Å². The summed E-state index contributed by atoms with van der Waals surface area (Å²) in [5, 5.41) is 11.4. The van der Waals surface area contributed by atoms with Crippen LogP contribution >= 0.6 is 0 Å². The molecule has 0 saturated carbocycles. The highest BCUT2D eigenvalue weighted by molar-refractivity contribution is 5.77. The van der Waals surface area contributed by atoms with Crippen LogP contribution in [0, 0.1) is 11.8 Å². The Balaban J connectivity index is 2.40. The van der Waals surface area contributed by atoms with E-state index in [4.69, 9.17) is 9.84 Å². The van der Waals surface area contributed by atoms with Crippen LogP contribution in [0.3, 0.4) is 0 Å². The monoisotopic (exact) mass is 290 g/mol. The normalized spacial score (nSPS) is 10.1. The number of benzene rings is 1. The van der Waals surface area contributed by atoms with Crippen LogP contribution in [0.4, 0.5) is 0 Å². The van der Waals surface area contributed by atoms with E-state index in [2.05, 4.69) is 17.2 Å². The molecule has 0 spiro atoms. The zero-order chi connectivity index (χ0) is 15.5. The lowest BCUT2D eigenvalue weighted by Crippen LogP contribution is -2.36. The highest BCUT2D eigenvalue weighted by Gasteiger charge is 2.06. The third-order valence-corrected chi connectivity index (χ3v) is 2.76. The molecular formula is C16H22N2O3. The molecule has 0 saturated heterocycles. The first-order chi connectivity index (χ1) is 10.2. The molecule has 0 aliphatic carbocycles. The molecule has 0 fully saturated rings. The van der Waals surface area contributed by atoms with E-state index in [1.807, 2.05) is 36.2 Å². The zero-order valence-corrected chi connectivity index (χ0v) is 12.6. The maximum Gasteiger partial charge on any atom is 0.234 e. The number of nitrogens with zero attached hydrogens (tertiary/aromatic N) is 1. The van der Waals surface area contributed by atoms with Crippen molar-refractivity contribution in [3.05, 3.63) is 35.4 Å². The summed E-state index contributed by atoms with van der Waals surface area (Å²) < 4.78 is 4.88. The van der Waals surface area contributed by atoms with E-state index in [0.717, 1.165) is 11.1 Å². The zero-order valence-electron chi connectivity index (χ0n) is 12.6. The van der Waals surface area contributed by atoms with Gasteiger partial charge in [0.15, 0.2) is 0 Å². The molecule has 21 heavy (non-hydrogen) atoms. The lowest BCUT2D eigenvalue weighted by molar-refractivity contribution is -0.122. The Morgan fingerprint density at radius 1 is 1.38 bits per heavy atom. The van der Waals surface area contributed by atoms with Crippen molar-refractivity contribution in [3.8, 4) is 11.8 Å². The molecule has 0 atom stereocenters. The molecule has 0 unspecified atom stereocenters. The molecule has 0 aliphatic rings. The predicted octanol–water partition coefficient (Wildman–Crippen LogP) is 0.225. The number of methoxy groups -OCH3 is 1. The molecule has 1 aromatic carbocycles. The Kier molecular flexibility index (Phi) is 8.14. The molecule has 0 heterocycles. The number of ether oxygens (including phenoxy) is 1. The highest BCUT2D eigenvalue weighted by Crippen LogP contribution is 2.05. The first-order valence-electron chi connectivity index (χ1n) is 6.78. The van der Waals surface area contributed by atoms with Crippen LogP contribution in [0.15, 0.2) is 24.3 Å². The van der Waals surface area contributed by atoms with Gasteiger partial charge in [-0.3, -0.25) is 9.69 Å². The summed E-state index contributed by atoms with van der Waals surface area (Å²) in [6, 6.07) is 7.76. The number of carbonyl (C=O) groups is 1. The lowest BCUT2D eigenvalue weighted by Gasteiger charge is -2.16. The summed E-state index contributed by atoms with van der Waals surface area (Å²) in [7, 11) is 3.50. The van der Waals surface area contributed by atoms with Gasteiger partial charge in [-0.2, -0.15) is 0 Å². The fourth-order valence-electron chi connectivity index (χ4n) is 1.80. The summed E-state index contributed by atoms with van der Waals surface area (Å²) in [5.74, 6) is 5.44. The molecule has 5 nitrogen and oxygen atoms in total. The van der Waals surface area contributed by atoms with Crippen LogP contribution in [-0.2, 0) is 16.1 Å². The van der Waals surface area contributed by atoms with E-state index in [0.29, 0.717) is 26.2 Å². The van der Waals surface area contributed by atoms with E-state index >= 15 is 0 Å². The number of carbonyl (C=O) groups excluding carboxylic acids is 1. The maximum atomic E-state index is 11.6. The van der Waals surface area contributed by atoms with E-state index in [-0.39, 0.29) is 12.5 Å². The lowest BCUT2D eigenvalue weighted by atomic mass is 10.1. The van der Waals surface area contributed by atoms with Gasteiger partial charge in [0.05, 0.1) is 13.2 Å². The second-order valence-corrected chi connectivity index (χ2v) is 4.67. The van der Waals surface area contributed by atoms with Crippen molar-refractivity contribution in [1.29, 1.82) is 0 Å². The van der Waals surface area contributed by atoms with Gasteiger partial charge in [-0.1, -0.05) is 24.0 Å². The van der Waals surface area contributed by atoms with Gasteiger partial charge in [-0.15, -0.1) is 0 Å². The van der Waals surface area contributed by atoms with E-state index < -0.39 is 0 Å². The minimum Gasteiger partial charge on any atom is -0.384 e. The van der Waals surface area contributed by atoms with Crippen molar-refractivity contribution in [2.45, 2.75) is 6.54 Å². The minimum absolute atomic E-state index is 0.0139. The summed E-state index contributed by atoms with van der Waals surface area (Å²) in [6.07, 6.45) is 0. The van der Waals surface area contributed by atoms with Gasteiger partial charge in [0.25, 0.3) is 0 Å². The Hall–Kier alpha value is -1.87. The maximum absolute atomic E-state index is 11.6. The van der Waals surface area contributed by atoms with Crippen molar-refractivity contribution < 1.29 is 14.6 Å². The molecule has 5 heteroatoms. The summed E-state index contributed by atoms with van der Waals surface area (Å²) in [5.41, 5.74) is 1.98. The third-order valence-electron chi connectivity index (χ3n) is 2.76. The van der Waals surface area contributed by atoms with Gasteiger partial charge >= 0.3 is 0 Å². The van der Waals surface area contributed by atoms with Crippen LogP contribution < -0.4 is 5.32 Å². The Morgan fingerprint density at radius 2 is 2.10 bits per heavy atom. The Bertz CT molecular complexity index is 488. The molecule has 0 radical (unpaired) electrons. The smallest absolute Gasteiger partial charge is 0.234 e. The van der Waals surface area contributed by atoms with Crippen LogP contribution in [0.2, 0.25) is 0 Å². The molecule has 114 valence electrons. The number of nitrogens with one attached hydrogen (secondary N) is 1. The average Bonchev–Trinajstić information content (AvgIpc) is 2.46. The van der Waals surface area contributed by atoms with Crippen LogP contribution in [0.25, 0.3) is 0 Å². The Labute approximate surface area is 125 Å². The van der Waals surface area contributed by atoms with E-state index in [9.17, 15) is 4.79 Å². The van der Waals surface area contributed by atoms with Gasteiger partial charge in [0.2, 0.25) is 5.91 Å². The van der Waals surface area contributed by atoms with E-state index in [1.165, 1.54) is 0 Å². The molecule has 1 amide bonds. The topological polar surface area (TPSA) is 61.8 Å². The fraction of sp³-hybridized carbons (Fsp3) is 0.438. The summed E-state index contributed by atoms with van der Waals surface area (Å²) in [4.78, 5) is 13.6. The molecular weight excluding hydrogens is 268 g/mol. The molecule has 0 aliphatic heterocycles. The molecule has 0 bridgehead atoms. The fourth-order valence-corrected chi connectivity index (χ4v) is 1.80. The highest BCUT2D eigenvalue weighted by atomic mass is 16.5. The number of aliphatic hydroxyl groups excluding tert-OH is 1. The molecule has 2 N–H and O–H groups in total. The molecule has 1 rings (SSSR count). The molecule has 0 aromatic heterocycles. The van der Waals surface area contributed by atoms with Crippen molar-refractivity contribution in [3.63, 3.8) is 0 Å². The standard InChI is InChI=1S/C16H22N2O3/c1-18(13-16(20)17-9-11-21-2)12-15-7-5-14(6-8-15)4-3-10-19/h5-8,19H,9-13H2,1-2H3,(H,17,20). The van der Waals surface area contributed by atoms with Crippen molar-refractivity contribution in [1.82, 2.24) is 10.2 Å². The van der Waals surface area contributed by atoms with Gasteiger partial charge < -0.3 is 15.2 Å². The van der Waals surface area contributed by atoms with Gasteiger partial charge in [-0.25, -0.2) is 0 Å². The number of hydrogen-bond donors (Lipinski definition) is 2. The quantitative estimate of drug-likeness (QED) is 0.557. The van der Waals surface area contributed by atoms with Crippen molar-refractivity contribution in [2.75, 3.05) is 40.5 Å².